The Labute approximate surface area is 153 Å². The van der Waals surface area contributed by atoms with Gasteiger partial charge < -0.3 is 9.84 Å². The minimum absolute atomic E-state index is 0.0679. The van der Waals surface area contributed by atoms with E-state index in [0.717, 1.165) is 38.5 Å². The van der Waals surface area contributed by atoms with E-state index in [2.05, 4.69) is 13.8 Å². The summed E-state index contributed by atoms with van der Waals surface area (Å²) in [6, 6.07) is 0. The van der Waals surface area contributed by atoms with E-state index in [-0.39, 0.29) is 18.0 Å². The van der Waals surface area contributed by atoms with E-state index in [4.69, 9.17) is 4.74 Å². The van der Waals surface area contributed by atoms with E-state index in [1.807, 2.05) is 12.2 Å². The van der Waals surface area contributed by atoms with Crippen LogP contribution in [0.5, 0.6) is 0 Å². The molecule has 0 fully saturated rings. The SMILES string of the molecule is CCCCCCCC(=O)OC1C=CC(CCCCCC)C(C(=O)O)C1. The van der Waals surface area contributed by atoms with Crippen molar-refractivity contribution in [3.05, 3.63) is 12.2 Å². The molecule has 0 saturated carbocycles. The average molecular weight is 353 g/mol. The summed E-state index contributed by atoms with van der Waals surface area (Å²) >= 11 is 0. The Morgan fingerprint density at radius 3 is 2.24 bits per heavy atom. The number of carboxylic acid groups (broad SMARTS) is 1. The Morgan fingerprint density at radius 1 is 0.960 bits per heavy atom. The molecule has 0 aromatic carbocycles. The van der Waals surface area contributed by atoms with Gasteiger partial charge in [0.15, 0.2) is 0 Å². The van der Waals surface area contributed by atoms with Crippen LogP contribution in [0.4, 0.5) is 0 Å². The molecule has 1 rings (SSSR count). The highest BCUT2D eigenvalue weighted by atomic mass is 16.5. The van der Waals surface area contributed by atoms with Crippen molar-refractivity contribution in [2.24, 2.45) is 11.8 Å². The Morgan fingerprint density at radius 2 is 1.60 bits per heavy atom. The molecule has 1 aliphatic rings. The fourth-order valence-electron chi connectivity index (χ4n) is 3.48. The van der Waals surface area contributed by atoms with Gasteiger partial charge >= 0.3 is 11.9 Å². The second-order valence-corrected chi connectivity index (χ2v) is 7.27. The van der Waals surface area contributed by atoms with Crippen LogP contribution in [0.1, 0.15) is 90.9 Å². The lowest BCUT2D eigenvalue weighted by Crippen LogP contribution is -2.32. The number of carboxylic acids is 1. The van der Waals surface area contributed by atoms with Crippen molar-refractivity contribution >= 4 is 11.9 Å². The molecule has 0 radical (unpaired) electrons. The fraction of sp³-hybridized carbons (Fsp3) is 0.810. The minimum atomic E-state index is -0.773. The molecule has 0 aliphatic heterocycles. The van der Waals surface area contributed by atoms with Gasteiger partial charge in [0, 0.05) is 12.8 Å². The van der Waals surface area contributed by atoms with E-state index >= 15 is 0 Å². The molecule has 0 saturated heterocycles. The predicted octanol–water partition coefficient (Wildman–Crippen LogP) is 5.51. The molecule has 0 aromatic heterocycles. The third-order valence-electron chi connectivity index (χ3n) is 5.05. The maximum absolute atomic E-state index is 11.9. The molecule has 4 nitrogen and oxygen atoms in total. The van der Waals surface area contributed by atoms with Crippen molar-refractivity contribution in [1.29, 1.82) is 0 Å². The second kappa shape index (κ2) is 13.0. The van der Waals surface area contributed by atoms with Crippen molar-refractivity contribution in [1.82, 2.24) is 0 Å². The Balaban J connectivity index is 2.38. The zero-order chi connectivity index (χ0) is 18.5. The number of unbranched alkanes of at least 4 members (excludes halogenated alkanes) is 7. The first-order valence-corrected chi connectivity index (χ1v) is 10.2. The molecule has 3 atom stereocenters. The molecule has 4 heteroatoms. The van der Waals surface area contributed by atoms with Crippen LogP contribution in [-0.2, 0) is 14.3 Å². The summed E-state index contributed by atoms with van der Waals surface area (Å²) in [5.41, 5.74) is 0. The molecule has 1 aliphatic carbocycles. The molecular formula is C21H36O4. The maximum atomic E-state index is 11.9. The van der Waals surface area contributed by atoms with Gasteiger partial charge in [-0.15, -0.1) is 0 Å². The summed E-state index contributed by atoms with van der Waals surface area (Å²) in [4.78, 5) is 23.5. The first kappa shape index (κ1) is 21.7. The number of carbonyl (C=O) groups excluding carboxylic acids is 1. The van der Waals surface area contributed by atoms with E-state index in [0.29, 0.717) is 12.8 Å². The summed E-state index contributed by atoms with van der Waals surface area (Å²) in [7, 11) is 0. The normalized spacial score (nSPS) is 22.7. The largest absolute Gasteiger partial charge is 0.481 e. The summed E-state index contributed by atoms with van der Waals surface area (Å²) < 4.78 is 5.48. The van der Waals surface area contributed by atoms with Crippen molar-refractivity contribution in [3.8, 4) is 0 Å². The number of rotatable bonds is 13. The van der Waals surface area contributed by atoms with Crippen molar-refractivity contribution in [3.63, 3.8) is 0 Å². The Kier molecular flexibility index (Phi) is 11.3. The summed E-state index contributed by atoms with van der Waals surface area (Å²) in [6.45, 7) is 4.34. The topological polar surface area (TPSA) is 63.6 Å². The molecular weight excluding hydrogens is 316 g/mol. The van der Waals surface area contributed by atoms with E-state index in [1.54, 1.807) is 0 Å². The predicted molar refractivity (Wildman–Crippen MR) is 100 cm³/mol. The molecule has 1 N–H and O–H groups in total. The van der Waals surface area contributed by atoms with Crippen molar-refractivity contribution < 1.29 is 19.4 Å². The highest BCUT2D eigenvalue weighted by molar-refractivity contribution is 5.72. The highest BCUT2D eigenvalue weighted by Crippen LogP contribution is 2.31. The van der Waals surface area contributed by atoms with Gasteiger partial charge in [-0.25, -0.2) is 0 Å². The van der Waals surface area contributed by atoms with Gasteiger partial charge in [-0.1, -0.05) is 71.3 Å². The van der Waals surface area contributed by atoms with Crippen LogP contribution >= 0.6 is 0 Å². The number of esters is 1. The minimum Gasteiger partial charge on any atom is -0.481 e. The molecule has 144 valence electrons. The van der Waals surface area contributed by atoms with Crippen LogP contribution < -0.4 is 0 Å². The zero-order valence-electron chi connectivity index (χ0n) is 16.0. The second-order valence-electron chi connectivity index (χ2n) is 7.27. The molecule has 3 unspecified atom stereocenters. The van der Waals surface area contributed by atoms with E-state index in [9.17, 15) is 14.7 Å². The van der Waals surface area contributed by atoms with Gasteiger partial charge in [0.2, 0.25) is 0 Å². The monoisotopic (exact) mass is 352 g/mol. The van der Waals surface area contributed by atoms with Crippen LogP contribution in [0.2, 0.25) is 0 Å². The lowest BCUT2D eigenvalue weighted by molar-refractivity contribution is -0.152. The smallest absolute Gasteiger partial charge is 0.307 e. The standard InChI is InChI=1S/C21H36O4/c1-3-5-7-9-11-13-20(22)25-18-15-14-17(12-10-8-6-4-2)19(16-18)21(23)24/h14-15,17-19H,3-13,16H2,1-2H3,(H,23,24). The molecule has 0 bridgehead atoms. The van der Waals surface area contributed by atoms with Gasteiger partial charge in [-0.2, -0.15) is 0 Å². The average Bonchev–Trinajstić information content (AvgIpc) is 2.59. The van der Waals surface area contributed by atoms with Crippen molar-refractivity contribution in [2.45, 2.75) is 97.0 Å². The van der Waals surface area contributed by atoms with E-state index < -0.39 is 11.9 Å². The number of ether oxygens (including phenoxy) is 1. The van der Waals surface area contributed by atoms with Crippen LogP contribution in [-0.4, -0.2) is 23.1 Å². The van der Waals surface area contributed by atoms with Gasteiger partial charge in [0.1, 0.15) is 6.10 Å². The molecule has 0 amide bonds. The molecule has 0 aromatic rings. The third-order valence-corrected chi connectivity index (χ3v) is 5.05. The number of aliphatic carboxylic acids is 1. The highest BCUT2D eigenvalue weighted by Gasteiger charge is 2.33. The number of hydrogen-bond donors (Lipinski definition) is 1. The van der Waals surface area contributed by atoms with Gasteiger partial charge in [0.25, 0.3) is 0 Å². The van der Waals surface area contributed by atoms with Crippen LogP contribution in [0.25, 0.3) is 0 Å². The third kappa shape index (κ3) is 9.08. The quantitative estimate of drug-likeness (QED) is 0.270. The van der Waals surface area contributed by atoms with Gasteiger partial charge in [-0.3, -0.25) is 9.59 Å². The number of hydrogen-bond acceptors (Lipinski definition) is 3. The molecule has 0 heterocycles. The Hall–Kier alpha value is -1.32. The maximum Gasteiger partial charge on any atom is 0.307 e. The summed E-state index contributed by atoms with van der Waals surface area (Å²) in [5, 5.41) is 9.51. The van der Waals surface area contributed by atoms with Crippen LogP contribution in [0.3, 0.4) is 0 Å². The lowest BCUT2D eigenvalue weighted by Gasteiger charge is -2.29. The van der Waals surface area contributed by atoms with Crippen LogP contribution in [0.15, 0.2) is 12.2 Å². The molecule has 25 heavy (non-hydrogen) atoms. The van der Waals surface area contributed by atoms with Gasteiger partial charge in [-0.05, 0) is 24.8 Å². The van der Waals surface area contributed by atoms with Gasteiger partial charge in [0.05, 0.1) is 5.92 Å². The first-order valence-electron chi connectivity index (χ1n) is 10.2. The van der Waals surface area contributed by atoms with Crippen LogP contribution in [0, 0.1) is 11.8 Å². The van der Waals surface area contributed by atoms with Crippen molar-refractivity contribution in [2.75, 3.05) is 0 Å². The first-order chi connectivity index (χ1) is 12.1. The summed E-state index contributed by atoms with van der Waals surface area (Å²) in [5.74, 6) is -1.34. The molecule has 0 spiro atoms. The number of allylic oxidation sites excluding steroid dienone is 1. The zero-order valence-corrected chi connectivity index (χ0v) is 16.0. The lowest BCUT2D eigenvalue weighted by atomic mass is 9.80. The summed E-state index contributed by atoms with van der Waals surface area (Å²) in [6.07, 6.45) is 15.3. The number of carbonyl (C=O) groups is 2. The Bertz CT molecular complexity index is 416. The van der Waals surface area contributed by atoms with E-state index in [1.165, 1.54) is 25.7 Å². The fourth-order valence-corrected chi connectivity index (χ4v) is 3.48.